The molecule has 0 heterocycles. The summed E-state index contributed by atoms with van der Waals surface area (Å²) in [4.78, 5) is 11.9. The normalized spacial score (nSPS) is 10.3. The summed E-state index contributed by atoms with van der Waals surface area (Å²) in [7, 11) is 0. The molecule has 0 aliphatic carbocycles. The van der Waals surface area contributed by atoms with Gasteiger partial charge < -0.3 is 4.74 Å². The molecule has 0 aromatic heterocycles. The van der Waals surface area contributed by atoms with Gasteiger partial charge in [0.2, 0.25) is 0 Å². The van der Waals surface area contributed by atoms with Crippen LogP contribution < -0.4 is 4.74 Å². The predicted octanol–water partition coefficient (Wildman–Crippen LogP) is 5.03. The third-order valence-corrected chi connectivity index (χ3v) is 3.46. The molecule has 2 nitrogen and oxygen atoms in total. The number of aryl methyl sites for hydroxylation is 1. The highest BCUT2D eigenvalue weighted by Crippen LogP contribution is 2.16. The number of ether oxygens (including phenoxy) is 1. The lowest BCUT2D eigenvalue weighted by Crippen LogP contribution is -2.08. The minimum absolute atomic E-state index is 0.314. The Bertz CT molecular complexity index is 544. The number of hydrogen-bond donors (Lipinski definition) is 0. The lowest BCUT2D eigenvalue weighted by Gasteiger charge is -2.06. The Hall–Kier alpha value is -2.09. The van der Waals surface area contributed by atoms with Crippen molar-refractivity contribution in [3.8, 4) is 5.75 Å². The summed E-state index contributed by atoms with van der Waals surface area (Å²) in [5, 5.41) is 0. The SMILES string of the molecule is CCCCCCc1ccc(OC(=O)c2ccccc2)cc1. The van der Waals surface area contributed by atoms with Gasteiger partial charge in [0.15, 0.2) is 0 Å². The number of unbranched alkanes of at least 4 members (excludes halogenated alkanes) is 3. The molecule has 0 amide bonds. The number of esters is 1. The molecule has 0 spiro atoms. The molecule has 0 radical (unpaired) electrons. The zero-order chi connectivity index (χ0) is 14.9. The summed E-state index contributed by atoms with van der Waals surface area (Å²) in [6.07, 6.45) is 6.15. The van der Waals surface area contributed by atoms with Gasteiger partial charge in [-0.3, -0.25) is 0 Å². The van der Waals surface area contributed by atoms with Crippen LogP contribution in [-0.2, 0) is 6.42 Å². The number of carbonyl (C=O) groups excluding carboxylic acids is 1. The highest BCUT2D eigenvalue weighted by Gasteiger charge is 2.07. The fourth-order valence-electron chi connectivity index (χ4n) is 2.22. The van der Waals surface area contributed by atoms with Gasteiger partial charge in [0, 0.05) is 0 Å². The lowest BCUT2D eigenvalue weighted by molar-refractivity contribution is 0.0734. The van der Waals surface area contributed by atoms with E-state index in [0.717, 1.165) is 6.42 Å². The van der Waals surface area contributed by atoms with Crippen LogP contribution in [0.15, 0.2) is 54.6 Å². The molecule has 0 unspecified atom stereocenters. The van der Waals surface area contributed by atoms with Crippen molar-refractivity contribution in [2.24, 2.45) is 0 Å². The van der Waals surface area contributed by atoms with Gasteiger partial charge in [0.05, 0.1) is 5.56 Å². The van der Waals surface area contributed by atoms with Crippen LogP contribution in [0.25, 0.3) is 0 Å². The van der Waals surface area contributed by atoms with Crippen LogP contribution in [0, 0.1) is 0 Å². The highest BCUT2D eigenvalue weighted by atomic mass is 16.5. The molecule has 2 aromatic rings. The lowest BCUT2D eigenvalue weighted by atomic mass is 10.1. The first kappa shape index (κ1) is 15.3. The van der Waals surface area contributed by atoms with Crippen LogP contribution in [0.3, 0.4) is 0 Å². The third-order valence-electron chi connectivity index (χ3n) is 3.46. The Balaban J connectivity index is 1.86. The van der Waals surface area contributed by atoms with Gasteiger partial charge in [0.25, 0.3) is 0 Å². The van der Waals surface area contributed by atoms with E-state index in [-0.39, 0.29) is 5.97 Å². The Kier molecular flexibility index (Phi) is 6.01. The molecule has 0 bridgehead atoms. The minimum atomic E-state index is -0.314. The zero-order valence-electron chi connectivity index (χ0n) is 12.5. The Morgan fingerprint density at radius 2 is 1.62 bits per heavy atom. The van der Waals surface area contributed by atoms with E-state index in [2.05, 4.69) is 6.92 Å². The van der Waals surface area contributed by atoms with Gasteiger partial charge in [-0.05, 0) is 42.7 Å². The smallest absolute Gasteiger partial charge is 0.343 e. The van der Waals surface area contributed by atoms with E-state index in [9.17, 15) is 4.79 Å². The van der Waals surface area contributed by atoms with E-state index in [1.807, 2.05) is 42.5 Å². The predicted molar refractivity (Wildman–Crippen MR) is 85.7 cm³/mol. The summed E-state index contributed by atoms with van der Waals surface area (Å²) < 4.78 is 5.36. The van der Waals surface area contributed by atoms with Gasteiger partial charge in [-0.25, -0.2) is 4.79 Å². The molecule has 0 aliphatic heterocycles. The summed E-state index contributed by atoms with van der Waals surface area (Å²) >= 11 is 0. The summed E-state index contributed by atoms with van der Waals surface area (Å²) in [6, 6.07) is 16.9. The molecule has 0 saturated heterocycles. The highest BCUT2D eigenvalue weighted by molar-refractivity contribution is 5.90. The van der Waals surface area contributed by atoms with Gasteiger partial charge in [0.1, 0.15) is 5.75 Å². The Morgan fingerprint density at radius 1 is 0.905 bits per heavy atom. The van der Waals surface area contributed by atoms with Crippen molar-refractivity contribution >= 4 is 5.97 Å². The third kappa shape index (κ3) is 5.07. The van der Waals surface area contributed by atoms with E-state index >= 15 is 0 Å². The summed E-state index contributed by atoms with van der Waals surface area (Å²) in [5.74, 6) is 0.285. The zero-order valence-corrected chi connectivity index (χ0v) is 12.5. The molecule has 0 saturated carbocycles. The van der Waals surface area contributed by atoms with Crippen molar-refractivity contribution in [2.75, 3.05) is 0 Å². The molecule has 2 aromatic carbocycles. The Morgan fingerprint density at radius 3 is 2.29 bits per heavy atom. The summed E-state index contributed by atoms with van der Waals surface area (Å²) in [6.45, 7) is 2.22. The molecule has 2 heteroatoms. The molecule has 0 fully saturated rings. The second kappa shape index (κ2) is 8.25. The standard InChI is InChI=1S/C19H22O2/c1-2-3-4-6-9-16-12-14-18(15-13-16)21-19(20)17-10-7-5-8-11-17/h5,7-8,10-15H,2-4,6,9H2,1H3. The van der Waals surface area contributed by atoms with Gasteiger partial charge in [-0.1, -0.05) is 56.5 Å². The van der Waals surface area contributed by atoms with E-state index in [1.54, 1.807) is 12.1 Å². The van der Waals surface area contributed by atoms with E-state index in [1.165, 1.54) is 31.2 Å². The second-order valence-electron chi connectivity index (χ2n) is 5.21. The average Bonchev–Trinajstić information content (AvgIpc) is 2.54. The number of benzene rings is 2. The molecule has 110 valence electrons. The van der Waals surface area contributed by atoms with Crippen LogP contribution in [0.4, 0.5) is 0 Å². The van der Waals surface area contributed by atoms with Crippen molar-refractivity contribution in [3.05, 3.63) is 65.7 Å². The maximum atomic E-state index is 11.9. The average molecular weight is 282 g/mol. The molecule has 21 heavy (non-hydrogen) atoms. The summed E-state index contributed by atoms with van der Waals surface area (Å²) in [5.41, 5.74) is 1.87. The number of rotatable bonds is 7. The van der Waals surface area contributed by atoms with Gasteiger partial charge in [-0.15, -0.1) is 0 Å². The van der Waals surface area contributed by atoms with Gasteiger partial charge in [-0.2, -0.15) is 0 Å². The molecule has 0 N–H and O–H groups in total. The van der Waals surface area contributed by atoms with Crippen LogP contribution in [0.2, 0.25) is 0 Å². The topological polar surface area (TPSA) is 26.3 Å². The van der Waals surface area contributed by atoms with Crippen molar-refractivity contribution in [1.82, 2.24) is 0 Å². The molecule has 0 atom stereocenters. The fraction of sp³-hybridized carbons (Fsp3) is 0.316. The monoisotopic (exact) mass is 282 g/mol. The van der Waals surface area contributed by atoms with E-state index in [4.69, 9.17) is 4.74 Å². The molecular formula is C19H22O2. The van der Waals surface area contributed by atoms with Crippen molar-refractivity contribution in [1.29, 1.82) is 0 Å². The fourth-order valence-corrected chi connectivity index (χ4v) is 2.22. The largest absolute Gasteiger partial charge is 0.423 e. The van der Waals surface area contributed by atoms with Crippen molar-refractivity contribution < 1.29 is 9.53 Å². The number of carbonyl (C=O) groups is 1. The second-order valence-corrected chi connectivity index (χ2v) is 5.21. The maximum Gasteiger partial charge on any atom is 0.343 e. The van der Waals surface area contributed by atoms with Crippen molar-refractivity contribution in [3.63, 3.8) is 0 Å². The maximum absolute atomic E-state index is 11.9. The van der Waals surface area contributed by atoms with Crippen LogP contribution in [0.5, 0.6) is 5.75 Å². The Labute approximate surface area is 126 Å². The van der Waals surface area contributed by atoms with Crippen LogP contribution in [-0.4, -0.2) is 5.97 Å². The first-order chi connectivity index (χ1) is 10.3. The van der Waals surface area contributed by atoms with Crippen LogP contribution in [0.1, 0.15) is 48.5 Å². The van der Waals surface area contributed by atoms with E-state index < -0.39 is 0 Å². The van der Waals surface area contributed by atoms with Crippen molar-refractivity contribution in [2.45, 2.75) is 39.0 Å². The molecular weight excluding hydrogens is 260 g/mol. The molecule has 0 aliphatic rings. The minimum Gasteiger partial charge on any atom is -0.423 e. The van der Waals surface area contributed by atoms with Crippen LogP contribution >= 0.6 is 0 Å². The molecule has 2 rings (SSSR count). The first-order valence-corrected chi connectivity index (χ1v) is 7.66. The quantitative estimate of drug-likeness (QED) is 0.404. The van der Waals surface area contributed by atoms with E-state index in [0.29, 0.717) is 11.3 Å². The van der Waals surface area contributed by atoms with Gasteiger partial charge >= 0.3 is 5.97 Å². The first-order valence-electron chi connectivity index (χ1n) is 7.66. The number of hydrogen-bond acceptors (Lipinski definition) is 2.